The lowest BCUT2D eigenvalue weighted by Crippen LogP contribution is -2.34. The quantitative estimate of drug-likeness (QED) is 0.388. The fraction of sp³-hybridized carbons (Fsp3) is 0.231. The number of unbranched alkanes of at least 4 members (excludes halogenated alkanes) is 2. The molecule has 32 heavy (non-hydrogen) atoms. The number of amides is 1. The van der Waals surface area contributed by atoms with E-state index in [4.69, 9.17) is 9.15 Å². The van der Waals surface area contributed by atoms with Crippen LogP contribution in [0.5, 0.6) is 5.75 Å². The van der Waals surface area contributed by atoms with Crippen LogP contribution in [0.1, 0.15) is 24.8 Å². The molecule has 0 aliphatic rings. The van der Waals surface area contributed by atoms with Crippen LogP contribution in [-0.4, -0.2) is 24.3 Å². The number of aromatic nitrogens is 1. The molecule has 1 aromatic heterocycles. The fourth-order valence-electron chi connectivity index (χ4n) is 3.72. The molecule has 6 nitrogen and oxygen atoms in total. The van der Waals surface area contributed by atoms with E-state index < -0.39 is 11.8 Å². The van der Waals surface area contributed by atoms with E-state index in [2.05, 4.69) is 17.4 Å². The Hall–Kier alpha value is -3.80. The first-order valence-electron chi connectivity index (χ1n) is 10.8. The zero-order valence-corrected chi connectivity index (χ0v) is 18.0. The number of rotatable bonds is 8. The lowest BCUT2D eigenvalue weighted by molar-refractivity contribution is 0.241. The molecule has 1 amide bonds. The molecular weight excluding hydrogens is 404 g/mol. The summed E-state index contributed by atoms with van der Waals surface area (Å²) in [7, 11) is 1.62. The smallest absolute Gasteiger partial charge is 0.428 e. The largest absolute Gasteiger partial charge is 0.497 e. The number of ether oxygens (including phenoxy) is 1. The van der Waals surface area contributed by atoms with Crippen LogP contribution in [0.4, 0.5) is 4.79 Å². The Morgan fingerprint density at radius 1 is 0.938 bits per heavy atom. The third kappa shape index (κ3) is 4.91. The van der Waals surface area contributed by atoms with E-state index in [1.165, 1.54) is 5.56 Å². The van der Waals surface area contributed by atoms with Crippen molar-refractivity contribution in [3.8, 4) is 16.9 Å². The molecule has 0 spiro atoms. The van der Waals surface area contributed by atoms with Crippen LogP contribution >= 0.6 is 0 Å². The molecule has 0 aliphatic carbocycles. The number of oxazole rings is 1. The Balaban J connectivity index is 1.36. The van der Waals surface area contributed by atoms with Gasteiger partial charge in [-0.3, -0.25) is 0 Å². The number of nitrogens with zero attached hydrogens (tertiary/aromatic N) is 1. The molecule has 4 rings (SSSR count). The first-order chi connectivity index (χ1) is 15.7. The number of fused-ring (bicyclic) bond motifs is 1. The topological polar surface area (TPSA) is 73.5 Å². The van der Waals surface area contributed by atoms with E-state index in [-0.39, 0.29) is 0 Å². The number of benzene rings is 3. The van der Waals surface area contributed by atoms with Crippen molar-refractivity contribution in [2.45, 2.75) is 25.7 Å². The number of hydrogen-bond acceptors (Lipinski definition) is 4. The van der Waals surface area contributed by atoms with Crippen LogP contribution in [0.3, 0.4) is 0 Å². The van der Waals surface area contributed by atoms with Crippen LogP contribution in [-0.2, 0) is 6.42 Å². The Morgan fingerprint density at radius 3 is 2.44 bits per heavy atom. The summed E-state index contributed by atoms with van der Waals surface area (Å²) in [6.07, 6.45) is 3.94. The number of carbonyl (C=O) groups excluding carboxylic acids is 1. The van der Waals surface area contributed by atoms with E-state index in [9.17, 15) is 9.59 Å². The molecule has 0 aliphatic heterocycles. The molecule has 0 fully saturated rings. The van der Waals surface area contributed by atoms with Gasteiger partial charge in [0.25, 0.3) is 0 Å². The maximum Gasteiger partial charge on any atom is 0.428 e. The molecular formula is C26H26N2O4. The molecule has 1 N–H and O–H groups in total. The lowest BCUT2D eigenvalue weighted by atomic mass is 10.1. The highest BCUT2D eigenvalue weighted by Crippen LogP contribution is 2.26. The summed E-state index contributed by atoms with van der Waals surface area (Å²) in [5.74, 6) is 0.0812. The average molecular weight is 431 g/mol. The van der Waals surface area contributed by atoms with Gasteiger partial charge in [-0.25, -0.2) is 9.59 Å². The minimum Gasteiger partial charge on any atom is -0.497 e. The van der Waals surface area contributed by atoms with Crippen LogP contribution in [0.2, 0.25) is 0 Å². The minimum atomic E-state index is -0.687. The van der Waals surface area contributed by atoms with Crippen molar-refractivity contribution in [1.82, 2.24) is 9.88 Å². The van der Waals surface area contributed by atoms with Crippen molar-refractivity contribution in [2.75, 3.05) is 13.7 Å². The zero-order chi connectivity index (χ0) is 22.3. The fourth-order valence-corrected chi connectivity index (χ4v) is 3.72. The highest BCUT2D eigenvalue weighted by Gasteiger charge is 2.16. The number of aryl methyl sites for hydroxylation is 1. The van der Waals surface area contributed by atoms with Gasteiger partial charge in [0.05, 0.1) is 12.6 Å². The third-order valence-electron chi connectivity index (χ3n) is 5.47. The van der Waals surface area contributed by atoms with E-state index in [1.54, 1.807) is 19.2 Å². The second-order valence-corrected chi connectivity index (χ2v) is 7.64. The number of hydrogen-bond donors (Lipinski definition) is 1. The van der Waals surface area contributed by atoms with Gasteiger partial charge in [-0.05, 0) is 60.2 Å². The Labute approximate surface area is 186 Å². The Bertz CT molecular complexity index is 1240. The first kappa shape index (κ1) is 21.4. The van der Waals surface area contributed by atoms with Gasteiger partial charge >= 0.3 is 11.8 Å². The standard InChI is InChI=1S/C26H26N2O4/c1-31-22-14-11-20(12-15-22)21-13-16-23-24(18-21)32-26(30)28(23)25(29)27-17-7-3-6-10-19-8-4-2-5-9-19/h2,4-5,8-9,11-16,18H,3,6-7,10,17H2,1H3,(H,27,29). The molecule has 6 heteroatoms. The van der Waals surface area contributed by atoms with Crippen molar-refractivity contribution in [1.29, 1.82) is 0 Å². The average Bonchev–Trinajstić information content (AvgIpc) is 3.16. The third-order valence-corrected chi connectivity index (χ3v) is 5.47. The van der Waals surface area contributed by atoms with E-state index in [1.807, 2.05) is 48.5 Å². The predicted octanol–water partition coefficient (Wildman–Crippen LogP) is 5.24. The molecule has 0 radical (unpaired) electrons. The van der Waals surface area contributed by atoms with Crippen molar-refractivity contribution in [2.24, 2.45) is 0 Å². The number of nitrogens with one attached hydrogen (secondary N) is 1. The van der Waals surface area contributed by atoms with Crippen LogP contribution in [0.15, 0.2) is 82.0 Å². The molecule has 0 unspecified atom stereocenters. The van der Waals surface area contributed by atoms with Gasteiger partial charge in [0, 0.05) is 6.54 Å². The van der Waals surface area contributed by atoms with Crippen LogP contribution < -0.4 is 15.8 Å². The van der Waals surface area contributed by atoms with Gasteiger partial charge < -0.3 is 14.5 Å². The second-order valence-electron chi connectivity index (χ2n) is 7.64. The summed E-state index contributed by atoms with van der Waals surface area (Å²) < 4.78 is 11.6. The molecule has 0 saturated heterocycles. The molecule has 1 heterocycles. The SMILES string of the molecule is COc1ccc(-c2ccc3c(c2)oc(=O)n3C(=O)NCCCCCc2ccccc2)cc1. The molecule has 4 aromatic rings. The lowest BCUT2D eigenvalue weighted by Gasteiger charge is -2.06. The van der Waals surface area contributed by atoms with Crippen LogP contribution in [0.25, 0.3) is 22.2 Å². The van der Waals surface area contributed by atoms with Crippen molar-refractivity contribution in [3.05, 3.63) is 88.9 Å². The highest BCUT2D eigenvalue weighted by molar-refractivity contribution is 5.90. The summed E-state index contributed by atoms with van der Waals surface area (Å²) in [6, 6.07) is 22.9. The summed E-state index contributed by atoms with van der Waals surface area (Å²) in [5.41, 5.74) is 4.00. The Morgan fingerprint density at radius 2 is 1.69 bits per heavy atom. The number of methoxy groups -OCH3 is 1. The maximum atomic E-state index is 12.6. The maximum absolute atomic E-state index is 12.6. The van der Waals surface area contributed by atoms with Gasteiger partial charge in [0.1, 0.15) is 5.75 Å². The zero-order valence-electron chi connectivity index (χ0n) is 18.0. The highest BCUT2D eigenvalue weighted by atomic mass is 16.5. The van der Waals surface area contributed by atoms with E-state index in [0.29, 0.717) is 17.6 Å². The van der Waals surface area contributed by atoms with Crippen LogP contribution in [0, 0.1) is 0 Å². The monoisotopic (exact) mass is 430 g/mol. The van der Waals surface area contributed by atoms with Crippen molar-refractivity contribution in [3.63, 3.8) is 0 Å². The number of carbonyl (C=O) groups is 1. The molecule has 3 aromatic carbocycles. The normalized spacial score (nSPS) is 10.9. The summed E-state index contributed by atoms with van der Waals surface area (Å²) in [5, 5.41) is 2.83. The van der Waals surface area contributed by atoms with Gasteiger partial charge in [-0.1, -0.05) is 55.0 Å². The molecule has 164 valence electrons. The second kappa shape index (κ2) is 10.0. The van der Waals surface area contributed by atoms with Crippen molar-refractivity contribution < 1.29 is 13.9 Å². The summed E-state index contributed by atoms with van der Waals surface area (Å²) >= 11 is 0. The van der Waals surface area contributed by atoms with Gasteiger partial charge in [0.2, 0.25) is 0 Å². The van der Waals surface area contributed by atoms with Crippen molar-refractivity contribution >= 4 is 17.1 Å². The van der Waals surface area contributed by atoms with E-state index >= 15 is 0 Å². The summed E-state index contributed by atoms with van der Waals surface area (Å²) in [4.78, 5) is 24.9. The molecule has 0 saturated carbocycles. The van der Waals surface area contributed by atoms with Gasteiger partial charge in [-0.15, -0.1) is 0 Å². The minimum absolute atomic E-state index is 0.376. The first-order valence-corrected chi connectivity index (χ1v) is 10.8. The summed E-state index contributed by atoms with van der Waals surface area (Å²) in [6.45, 7) is 0.511. The predicted molar refractivity (Wildman–Crippen MR) is 125 cm³/mol. The molecule has 0 atom stereocenters. The van der Waals surface area contributed by atoms with Gasteiger partial charge in [0.15, 0.2) is 5.58 Å². The Kier molecular flexibility index (Phi) is 6.70. The molecule has 0 bridgehead atoms. The van der Waals surface area contributed by atoms with Gasteiger partial charge in [-0.2, -0.15) is 4.57 Å². The van der Waals surface area contributed by atoms with E-state index in [0.717, 1.165) is 47.1 Å².